The minimum atomic E-state index is -4.02. The number of nitrogens with two attached hydrogens (primary N) is 1. The maximum Gasteiger partial charge on any atom is 0.246 e. The van der Waals surface area contributed by atoms with Crippen LogP contribution in [0.1, 0.15) is 25.5 Å². The summed E-state index contributed by atoms with van der Waals surface area (Å²) in [6.07, 6.45) is 0.0524. The van der Waals surface area contributed by atoms with Gasteiger partial charge >= 0.3 is 0 Å². The van der Waals surface area contributed by atoms with E-state index in [9.17, 15) is 62.4 Å². The van der Waals surface area contributed by atoms with Gasteiger partial charge in [-0.15, -0.1) is 0 Å². The number of likely N-dealkylation sites (tertiary alicyclic amines) is 1. The lowest BCUT2D eigenvalue weighted by Crippen LogP contribution is -2.61. The molecule has 314 valence electrons. The lowest BCUT2D eigenvalue weighted by molar-refractivity contribution is -0.142. The summed E-state index contributed by atoms with van der Waals surface area (Å²) in [5, 5.41) is 51.5. The highest BCUT2D eigenvalue weighted by Gasteiger charge is 2.39. The minimum Gasteiger partial charge on any atom is -0.506 e. The first-order valence-electron chi connectivity index (χ1n) is 17.4. The first-order valence-corrected chi connectivity index (χ1v) is 19.4. The number of nitrogens with zero attached hydrogens (tertiary/aromatic N) is 3. The van der Waals surface area contributed by atoms with E-state index in [0.717, 1.165) is 10.4 Å². The van der Waals surface area contributed by atoms with Gasteiger partial charge in [0.25, 0.3) is 0 Å². The number of rotatable bonds is 19. The van der Waals surface area contributed by atoms with E-state index in [2.05, 4.69) is 44.2 Å². The van der Waals surface area contributed by atoms with Crippen LogP contribution in [-0.4, -0.2) is 167 Å². The van der Waals surface area contributed by atoms with Crippen molar-refractivity contribution in [3.8, 4) is 5.75 Å². The molecule has 1 aromatic carbocycles. The van der Waals surface area contributed by atoms with Gasteiger partial charge in [0.05, 0.1) is 24.7 Å². The fraction of sp³-hybridized carbons (Fsp3) is 0.515. The van der Waals surface area contributed by atoms with Crippen LogP contribution in [0.5, 0.6) is 5.75 Å². The number of phenols is 1. The highest BCUT2D eigenvalue weighted by Crippen LogP contribution is 2.30. The number of amides is 7. The molecule has 0 aliphatic carbocycles. The third-order valence-corrected chi connectivity index (χ3v) is 11.1. The van der Waals surface area contributed by atoms with E-state index in [0.29, 0.717) is 6.42 Å². The number of carbonyl (C=O) groups excluding carboxylic acids is 7. The second-order valence-corrected chi connectivity index (χ2v) is 15.6. The van der Waals surface area contributed by atoms with Crippen LogP contribution >= 0.6 is 12.6 Å². The molecule has 57 heavy (non-hydrogen) atoms. The highest BCUT2D eigenvalue weighted by molar-refractivity contribution is 7.89. The molecule has 1 saturated heterocycles. The molecule has 3 rings (SSSR count). The molecule has 2 aromatic rings. The van der Waals surface area contributed by atoms with Gasteiger partial charge in [-0.2, -0.15) is 12.6 Å². The Kier molecular flexibility index (Phi) is 16.5. The van der Waals surface area contributed by atoms with Crippen LogP contribution in [0.25, 0.3) is 10.9 Å². The molecule has 1 aliphatic rings. The normalized spacial score (nSPS) is 16.8. The summed E-state index contributed by atoms with van der Waals surface area (Å²) in [5.41, 5.74) is 4.94. The van der Waals surface area contributed by atoms with E-state index in [1.54, 1.807) is 0 Å². The van der Waals surface area contributed by atoms with Gasteiger partial charge in [0.2, 0.25) is 51.4 Å². The predicted molar refractivity (Wildman–Crippen MR) is 202 cm³/mol. The van der Waals surface area contributed by atoms with Crippen molar-refractivity contribution >= 4 is 74.9 Å². The van der Waals surface area contributed by atoms with Crippen molar-refractivity contribution in [1.29, 1.82) is 0 Å². The topological polar surface area (TPSA) is 340 Å². The van der Waals surface area contributed by atoms with Gasteiger partial charge in [0.15, 0.2) is 0 Å². The number of benzene rings is 1. The number of hydrogen-bond acceptors (Lipinski definition) is 15. The fourth-order valence-corrected chi connectivity index (χ4v) is 7.11. The average Bonchev–Trinajstić information content (AvgIpc) is 3.66. The molecule has 0 saturated carbocycles. The van der Waals surface area contributed by atoms with Crippen molar-refractivity contribution in [2.24, 2.45) is 5.73 Å². The fourth-order valence-electron chi connectivity index (χ4n) is 5.78. The first kappa shape index (κ1) is 46.2. The van der Waals surface area contributed by atoms with Gasteiger partial charge in [-0.25, -0.2) is 17.7 Å². The molecular weight excluding hydrogens is 795 g/mol. The minimum absolute atomic E-state index is 0.0145. The van der Waals surface area contributed by atoms with Crippen molar-refractivity contribution in [2.75, 3.05) is 46.2 Å². The molecule has 24 heteroatoms. The molecular formula is C33H47N9O13S2. The van der Waals surface area contributed by atoms with Crippen LogP contribution in [0, 0.1) is 0 Å². The zero-order valence-corrected chi connectivity index (χ0v) is 32.9. The second kappa shape index (κ2) is 20.3. The molecule has 1 fully saturated rings. The van der Waals surface area contributed by atoms with E-state index < -0.39 is 120 Å². The van der Waals surface area contributed by atoms with Crippen molar-refractivity contribution in [3.05, 3.63) is 30.0 Å². The first-order chi connectivity index (χ1) is 26.8. The van der Waals surface area contributed by atoms with E-state index in [1.807, 2.05) is 0 Å². The molecule has 0 spiro atoms. The number of nitrogens with one attached hydrogen (secondary N) is 5. The Morgan fingerprint density at radius 3 is 1.96 bits per heavy atom. The van der Waals surface area contributed by atoms with Crippen LogP contribution < -0.4 is 32.3 Å². The van der Waals surface area contributed by atoms with E-state index in [1.165, 1.54) is 44.1 Å². The van der Waals surface area contributed by atoms with E-state index in [4.69, 9.17) is 5.73 Å². The number of thiol groups is 1. The third-order valence-electron chi connectivity index (χ3n) is 8.83. The molecule has 11 N–H and O–H groups in total. The second-order valence-electron chi connectivity index (χ2n) is 13.1. The molecule has 2 heterocycles. The summed E-state index contributed by atoms with van der Waals surface area (Å²) in [6.45, 7) is -1.59. The monoisotopic (exact) mass is 841 g/mol. The van der Waals surface area contributed by atoms with Gasteiger partial charge in [-0.1, -0.05) is 0 Å². The number of aliphatic hydroxyl groups is 3. The quantitative estimate of drug-likeness (QED) is 0.0589. The summed E-state index contributed by atoms with van der Waals surface area (Å²) in [7, 11) is -1.41. The maximum absolute atomic E-state index is 13.7. The molecule has 1 aliphatic heterocycles. The van der Waals surface area contributed by atoms with Gasteiger partial charge in [-0.05, 0) is 37.1 Å². The number of aromatic hydroxyl groups is 1. The Balaban J connectivity index is 1.94. The molecule has 22 nitrogen and oxygen atoms in total. The van der Waals surface area contributed by atoms with E-state index in [-0.39, 0.29) is 40.2 Å². The Bertz CT molecular complexity index is 1970. The number of phenolic OH excluding ortho intramolecular Hbond substituents is 1. The van der Waals surface area contributed by atoms with Gasteiger partial charge < -0.3 is 57.6 Å². The highest BCUT2D eigenvalue weighted by atomic mass is 32.2. The molecule has 7 amide bonds. The zero-order valence-electron chi connectivity index (χ0n) is 31.2. The Hall–Kier alpha value is -5.14. The standard InChI is InChI=1S/C33H47N9O13S2/c1-16(46)35-23(15-56)33(53)42-10-4-5-24(42)32(52)40-22(14-45)30(50)37-19(29(49)39-21(13-44)31(51)38-20(12-43)28(34)48)11-17-6-7-18-26(57(54,55)41(2)3)9-8-25(47)27(18)36-17/h6-9,19-24,43-45,47,56H,4-5,10-15H2,1-3H3,(H2,34,48)(H,35,46)(H,37,50)(H,38,51)(H,39,49)(H,40,52)/t19-,20-,21-,22+,23-,24-/m0/s1. The Morgan fingerprint density at radius 1 is 0.860 bits per heavy atom. The van der Waals surface area contributed by atoms with Crippen molar-refractivity contribution in [3.63, 3.8) is 0 Å². The average molecular weight is 842 g/mol. The number of primary amides is 1. The van der Waals surface area contributed by atoms with Crippen LogP contribution in [0.3, 0.4) is 0 Å². The number of sulfonamides is 1. The summed E-state index contributed by atoms with van der Waals surface area (Å²) < 4.78 is 26.9. The molecule has 0 radical (unpaired) electrons. The third kappa shape index (κ3) is 11.5. The Labute approximate surface area is 332 Å². The number of aromatic nitrogens is 1. The lowest BCUT2D eigenvalue weighted by Gasteiger charge is -2.29. The number of fused-ring (bicyclic) bond motifs is 1. The van der Waals surface area contributed by atoms with Crippen LogP contribution in [0.2, 0.25) is 0 Å². The molecule has 0 bridgehead atoms. The van der Waals surface area contributed by atoms with Crippen molar-refractivity contribution in [1.82, 2.24) is 40.8 Å². The summed E-state index contributed by atoms with van der Waals surface area (Å²) in [6, 6.07) is -4.03. The Morgan fingerprint density at radius 2 is 1.42 bits per heavy atom. The van der Waals surface area contributed by atoms with Crippen LogP contribution in [0.4, 0.5) is 0 Å². The summed E-state index contributed by atoms with van der Waals surface area (Å²) in [5.74, 6) is -6.96. The smallest absolute Gasteiger partial charge is 0.246 e. The summed E-state index contributed by atoms with van der Waals surface area (Å²) in [4.78, 5) is 95.2. The molecule has 0 unspecified atom stereocenters. The van der Waals surface area contributed by atoms with Crippen molar-refractivity contribution < 1.29 is 62.4 Å². The number of hydrogen-bond donors (Lipinski definition) is 11. The van der Waals surface area contributed by atoms with Gasteiger partial charge in [-0.3, -0.25) is 33.6 Å². The van der Waals surface area contributed by atoms with Crippen molar-refractivity contribution in [2.45, 2.75) is 67.3 Å². The van der Waals surface area contributed by atoms with Crippen LogP contribution in [-0.2, 0) is 50.0 Å². The predicted octanol–water partition coefficient (Wildman–Crippen LogP) is -5.44. The zero-order chi connectivity index (χ0) is 42.8. The summed E-state index contributed by atoms with van der Waals surface area (Å²) >= 11 is 4.11. The number of carbonyl (C=O) groups is 7. The molecule has 6 atom stereocenters. The largest absolute Gasteiger partial charge is 0.506 e. The van der Waals surface area contributed by atoms with E-state index >= 15 is 0 Å². The lowest BCUT2D eigenvalue weighted by atomic mass is 10.1. The van der Waals surface area contributed by atoms with Gasteiger partial charge in [0.1, 0.15) is 47.5 Å². The molecule has 1 aromatic heterocycles. The number of pyridine rings is 1. The SMILES string of the molecule is CC(=O)N[C@@H](CS)C(=O)N1CCC[C@H]1C(=O)N[C@H](CO)C(=O)N[C@@H](Cc1ccc2c(S(=O)(=O)N(C)C)ccc(O)c2n1)C(=O)N[C@@H](CO)C(=O)N[C@@H](CO)C(N)=O. The number of aliphatic hydroxyl groups excluding tert-OH is 3. The van der Waals surface area contributed by atoms with Gasteiger partial charge in [0, 0.05) is 50.8 Å². The van der Waals surface area contributed by atoms with Crippen LogP contribution in [0.15, 0.2) is 29.2 Å². The maximum atomic E-state index is 13.7.